The highest BCUT2D eigenvalue weighted by molar-refractivity contribution is 5.32. The van der Waals surface area contributed by atoms with Crippen LogP contribution in [0.1, 0.15) is 168 Å². The zero-order valence-corrected chi connectivity index (χ0v) is 21.6. The summed E-state index contributed by atoms with van der Waals surface area (Å²) in [6, 6.07) is 0. The van der Waals surface area contributed by atoms with Crippen LogP contribution in [0.15, 0.2) is 4.99 Å². The topological polar surface area (TPSA) is 29.4 Å². The highest BCUT2D eigenvalue weighted by atomic mass is 16.1. The molecule has 0 radical (unpaired) electrons. The van der Waals surface area contributed by atoms with E-state index >= 15 is 0 Å². The van der Waals surface area contributed by atoms with Crippen molar-refractivity contribution in [3.05, 3.63) is 0 Å². The SMILES string of the molecule is CC(C)CCCCCCCCCCCCCCCCCCCCCCCCCN=C=O. The Balaban J connectivity index is 3.01. The monoisotopic (exact) mass is 435 g/mol. The second kappa shape index (κ2) is 27.4. The summed E-state index contributed by atoms with van der Waals surface area (Å²) in [6.45, 7) is 5.35. The maximum absolute atomic E-state index is 9.96. The summed E-state index contributed by atoms with van der Waals surface area (Å²) in [7, 11) is 0. The molecule has 0 bridgehead atoms. The van der Waals surface area contributed by atoms with Gasteiger partial charge in [-0.05, 0) is 12.3 Å². The molecule has 0 aliphatic heterocycles. The number of carbonyl (C=O) groups excluding carboxylic acids is 1. The number of unbranched alkanes of at least 4 members (excludes halogenated alkanes) is 22. The van der Waals surface area contributed by atoms with E-state index in [1.807, 2.05) is 0 Å². The summed E-state index contributed by atoms with van der Waals surface area (Å²) in [5, 5.41) is 0. The van der Waals surface area contributed by atoms with Crippen molar-refractivity contribution in [3.8, 4) is 0 Å². The molecule has 0 aromatic heterocycles. The lowest BCUT2D eigenvalue weighted by atomic mass is 10.0. The Labute approximate surface area is 196 Å². The van der Waals surface area contributed by atoms with Gasteiger partial charge in [0, 0.05) is 0 Å². The third kappa shape index (κ3) is 29.4. The summed E-state index contributed by atoms with van der Waals surface area (Å²) in [6.07, 6.45) is 35.5. The van der Waals surface area contributed by atoms with Crippen LogP contribution in [0.4, 0.5) is 0 Å². The first-order valence-corrected chi connectivity index (χ1v) is 14.3. The number of hydrogen-bond acceptors (Lipinski definition) is 2. The number of rotatable bonds is 26. The molecule has 31 heavy (non-hydrogen) atoms. The standard InChI is InChI=1S/C29H57NO/c1-29(2)26-24-22-20-18-16-14-12-10-8-6-4-3-5-7-9-11-13-15-17-19-21-23-25-27-30-28-31/h29H,3-27H2,1-2H3. The van der Waals surface area contributed by atoms with Crippen LogP contribution in [0.5, 0.6) is 0 Å². The fourth-order valence-corrected chi connectivity index (χ4v) is 4.50. The molecule has 2 heteroatoms. The van der Waals surface area contributed by atoms with Gasteiger partial charge >= 0.3 is 0 Å². The number of aliphatic imine (C=N–C) groups is 1. The lowest BCUT2D eigenvalue weighted by molar-refractivity contribution is 0.500. The fraction of sp³-hybridized carbons (Fsp3) is 0.966. The molecular formula is C29H57NO. The summed E-state index contributed by atoms with van der Waals surface area (Å²) in [5.41, 5.74) is 0. The quantitative estimate of drug-likeness (QED) is 0.0754. The third-order valence-corrected chi connectivity index (χ3v) is 6.62. The van der Waals surface area contributed by atoms with Crippen molar-refractivity contribution in [3.63, 3.8) is 0 Å². The lowest BCUT2D eigenvalue weighted by Crippen LogP contribution is -1.87. The molecule has 0 rings (SSSR count). The minimum atomic E-state index is 0.669. The molecule has 0 spiro atoms. The van der Waals surface area contributed by atoms with Crippen LogP contribution in [-0.4, -0.2) is 12.6 Å². The van der Waals surface area contributed by atoms with Gasteiger partial charge in [-0.2, -0.15) is 0 Å². The van der Waals surface area contributed by atoms with Crippen molar-refractivity contribution in [2.45, 2.75) is 168 Å². The molecule has 0 aromatic carbocycles. The normalized spacial score (nSPS) is 11.2. The van der Waals surface area contributed by atoms with E-state index in [0.29, 0.717) is 6.54 Å². The smallest absolute Gasteiger partial charge is 0.211 e. The van der Waals surface area contributed by atoms with Gasteiger partial charge in [-0.1, -0.05) is 162 Å². The van der Waals surface area contributed by atoms with Crippen LogP contribution in [0.3, 0.4) is 0 Å². The van der Waals surface area contributed by atoms with E-state index in [9.17, 15) is 4.79 Å². The van der Waals surface area contributed by atoms with E-state index in [1.54, 1.807) is 6.08 Å². The van der Waals surface area contributed by atoms with Gasteiger partial charge in [-0.15, -0.1) is 0 Å². The molecule has 0 saturated heterocycles. The zero-order chi connectivity index (χ0) is 22.7. The first-order chi connectivity index (χ1) is 15.3. The molecule has 0 saturated carbocycles. The van der Waals surface area contributed by atoms with Crippen molar-refractivity contribution in [2.24, 2.45) is 10.9 Å². The molecule has 0 atom stereocenters. The van der Waals surface area contributed by atoms with Crippen LogP contribution in [-0.2, 0) is 4.79 Å². The summed E-state index contributed by atoms with van der Waals surface area (Å²) in [4.78, 5) is 13.6. The zero-order valence-electron chi connectivity index (χ0n) is 21.6. The lowest BCUT2D eigenvalue weighted by Gasteiger charge is -2.05. The molecule has 0 unspecified atom stereocenters. The van der Waals surface area contributed by atoms with Gasteiger partial charge in [0.05, 0.1) is 6.54 Å². The van der Waals surface area contributed by atoms with Crippen molar-refractivity contribution in [1.29, 1.82) is 0 Å². The molecular weight excluding hydrogens is 378 g/mol. The molecule has 0 heterocycles. The molecule has 2 nitrogen and oxygen atoms in total. The fourth-order valence-electron chi connectivity index (χ4n) is 4.50. The van der Waals surface area contributed by atoms with Crippen LogP contribution in [0, 0.1) is 5.92 Å². The van der Waals surface area contributed by atoms with Crippen molar-refractivity contribution < 1.29 is 4.79 Å². The first kappa shape index (κ1) is 30.4. The Bertz CT molecular complexity index is 373. The Morgan fingerprint density at radius 1 is 0.452 bits per heavy atom. The molecule has 0 amide bonds. The maximum Gasteiger partial charge on any atom is 0.234 e. The van der Waals surface area contributed by atoms with E-state index in [0.717, 1.165) is 12.3 Å². The number of isocyanates is 1. The minimum Gasteiger partial charge on any atom is -0.211 e. The minimum absolute atomic E-state index is 0.669. The van der Waals surface area contributed by atoms with E-state index in [4.69, 9.17) is 0 Å². The van der Waals surface area contributed by atoms with E-state index < -0.39 is 0 Å². The average molecular weight is 436 g/mol. The molecule has 0 aliphatic carbocycles. The van der Waals surface area contributed by atoms with Gasteiger partial charge in [0.25, 0.3) is 0 Å². The van der Waals surface area contributed by atoms with Crippen LogP contribution in [0.2, 0.25) is 0 Å². The highest BCUT2D eigenvalue weighted by Gasteiger charge is 1.97. The van der Waals surface area contributed by atoms with Gasteiger partial charge in [-0.25, -0.2) is 9.79 Å². The van der Waals surface area contributed by atoms with Gasteiger partial charge in [0.15, 0.2) is 0 Å². The van der Waals surface area contributed by atoms with Crippen molar-refractivity contribution >= 4 is 6.08 Å². The first-order valence-electron chi connectivity index (χ1n) is 14.3. The predicted molar refractivity (Wildman–Crippen MR) is 139 cm³/mol. The Kier molecular flexibility index (Phi) is 26.9. The molecule has 184 valence electrons. The Morgan fingerprint density at radius 2 is 0.710 bits per heavy atom. The molecule has 0 fully saturated rings. The summed E-state index contributed by atoms with van der Waals surface area (Å²) >= 11 is 0. The van der Waals surface area contributed by atoms with Gasteiger partial charge < -0.3 is 0 Å². The number of hydrogen-bond donors (Lipinski definition) is 0. The van der Waals surface area contributed by atoms with E-state index in [1.165, 1.54) is 148 Å². The average Bonchev–Trinajstić information content (AvgIpc) is 2.76. The van der Waals surface area contributed by atoms with Gasteiger partial charge in [-0.3, -0.25) is 0 Å². The van der Waals surface area contributed by atoms with Gasteiger partial charge in [0.2, 0.25) is 6.08 Å². The molecule has 0 aliphatic rings. The van der Waals surface area contributed by atoms with Crippen molar-refractivity contribution in [1.82, 2.24) is 0 Å². The van der Waals surface area contributed by atoms with E-state index in [-0.39, 0.29) is 0 Å². The van der Waals surface area contributed by atoms with Gasteiger partial charge in [0.1, 0.15) is 0 Å². The second-order valence-electron chi connectivity index (χ2n) is 10.3. The Hall–Kier alpha value is -0.620. The van der Waals surface area contributed by atoms with Crippen LogP contribution < -0.4 is 0 Å². The maximum atomic E-state index is 9.96. The van der Waals surface area contributed by atoms with E-state index in [2.05, 4.69) is 18.8 Å². The van der Waals surface area contributed by atoms with Crippen LogP contribution >= 0.6 is 0 Å². The summed E-state index contributed by atoms with van der Waals surface area (Å²) < 4.78 is 0. The molecule has 0 aromatic rings. The highest BCUT2D eigenvalue weighted by Crippen LogP contribution is 2.16. The Morgan fingerprint density at radius 3 is 0.968 bits per heavy atom. The predicted octanol–water partition coefficient (Wildman–Crippen LogP) is 10.3. The van der Waals surface area contributed by atoms with Crippen LogP contribution in [0.25, 0.3) is 0 Å². The molecule has 0 N–H and O–H groups in total. The van der Waals surface area contributed by atoms with Crippen molar-refractivity contribution in [2.75, 3.05) is 6.54 Å². The third-order valence-electron chi connectivity index (χ3n) is 6.62. The summed E-state index contributed by atoms with van der Waals surface area (Å²) in [5.74, 6) is 0.888. The largest absolute Gasteiger partial charge is 0.234 e. The number of nitrogens with zero attached hydrogens (tertiary/aromatic N) is 1. The second-order valence-corrected chi connectivity index (χ2v) is 10.3.